The van der Waals surface area contributed by atoms with E-state index in [0.717, 1.165) is 40.0 Å². The normalized spacial score (nSPS) is 11.8. The molecule has 0 radical (unpaired) electrons. The quantitative estimate of drug-likeness (QED) is 0.263. The number of methoxy groups -OCH3 is 1. The van der Waals surface area contributed by atoms with Crippen molar-refractivity contribution in [2.24, 2.45) is 0 Å². The summed E-state index contributed by atoms with van der Waals surface area (Å²) in [6.45, 7) is 1.31. The van der Waals surface area contributed by atoms with Crippen molar-refractivity contribution in [2.75, 3.05) is 13.7 Å². The molecule has 0 aliphatic rings. The minimum Gasteiger partial charge on any atom is -0.496 e. The van der Waals surface area contributed by atoms with E-state index in [-0.39, 0.29) is 11.8 Å². The predicted octanol–water partition coefficient (Wildman–Crippen LogP) is 5.97. The maximum atomic E-state index is 13.2. The Balaban J connectivity index is 1.47. The molecule has 2 aromatic heterocycles. The number of benzene rings is 3. The Bertz CT molecular complexity index is 1460. The van der Waals surface area contributed by atoms with Gasteiger partial charge in [-0.05, 0) is 35.4 Å². The van der Waals surface area contributed by atoms with Gasteiger partial charge in [-0.25, -0.2) is 0 Å². The van der Waals surface area contributed by atoms with Gasteiger partial charge in [0.05, 0.1) is 7.11 Å². The van der Waals surface area contributed by atoms with Gasteiger partial charge in [-0.3, -0.25) is 9.78 Å². The zero-order chi connectivity index (χ0) is 25.5. The van der Waals surface area contributed by atoms with Crippen molar-refractivity contribution in [3.8, 4) is 5.75 Å². The molecule has 1 atom stereocenters. The van der Waals surface area contributed by atoms with Crippen LogP contribution >= 0.6 is 0 Å². The number of fused-ring (bicyclic) bond motifs is 1. The highest BCUT2D eigenvalue weighted by atomic mass is 16.5. The lowest BCUT2D eigenvalue weighted by Crippen LogP contribution is -2.27. The summed E-state index contributed by atoms with van der Waals surface area (Å²) < 4.78 is 8.02. The average Bonchev–Trinajstić information content (AvgIpc) is 3.31. The predicted molar refractivity (Wildman–Crippen MR) is 148 cm³/mol. The second-order valence-corrected chi connectivity index (χ2v) is 9.13. The first kappa shape index (κ1) is 24.3. The lowest BCUT2D eigenvalue weighted by Gasteiger charge is -2.20. The van der Waals surface area contributed by atoms with Crippen LogP contribution in [0.15, 0.2) is 109 Å². The highest BCUT2D eigenvalue weighted by molar-refractivity contribution is 5.87. The summed E-state index contributed by atoms with van der Waals surface area (Å²) in [5.41, 5.74) is 5.48. The molecule has 5 aromatic rings. The van der Waals surface area contributed by atoms with Crippen LogP contribution in [0.3, 0.4) is 0 Å². The third-order valence-electron chi connectivity index (χ3n) is 6.72. The van der Waals surface area contributed by atoms with Crippen LogP contribution in [0, 0.1) is 0 Å². The molecule has 2 heterocycles. The van der Waals surface area contributed by atoms with Crippen LogP contribution in [-0.4, -0.2) is 29.1 Å². The lowest BCUT2D eigenvalue weighted by molar-refractivity contribution is -0.121. The minimum atomic E-state index is -0.159. The molecule has 5 heteroatoms. The van der Waals surface area contributed by atoms with Gasteiger partial charge in [-0.1, -0.05) is 72.8 Å². The number of pyridine rings is 1. The van der Waals surface area contributed by atoms with E-state index >= 15 is 0 Å². The van der Waals surface area contributed by atoms with E-state index in [1.165, 1.54) is 5.56 Å². The minimum absolute atomic E-state index is 0.00623. The smallest absolute Gasteiger partial charge is 0.220 e. The fraction of sp³-hybridized carbons (Fsp3) is 0.188. The van der Waals surface area contributed by atoms with Crippen LogP contribution in [0.25, 0.3) is 10.9 Å². The largest absolute Gasteiger partial charge is 0.496 e. The highest BCUT2D eigenvalue weighted by Crippen LogP contribution is 2.38. The van der Waals surface area contributed by atoms with Gasteiger partial charge < -0.3 is 14.6 Å². The van der Waals surface area contributed by atoms with Crippen molar-refractivity contribution in [3.63, 3.8) is 0 Å². The Morgan fingerprint density at radius 3 is 2.46 bits per heavy atom. The molecule has 0 fully saturated rings. The Kier molecular flexibility index (Phi) is 7.60. The zero-order valence-electron chi connectivity index (χ0n) is 21.0. The molecule has 0 bridgehead atoms. The summed E-state index contributed by atoms with van der Waals surface area (Å²) in [5.74, 6) is 0.633. The van der Waals surface area contributed by atoms with Crippen LogP contribution < -0.4 is 10.1 Å². The molecule has 0 saturated heterocycles. The van der Waals surface area contributed by atoms with Gasteiger partial charge in [-0.2, -0.15) is 0 Å². The molecule has 1 N–H and O–H groups in total. The van der Waals surface area contributed by atoms with Crippen LogP contribution in [0.2, 0.25) is 0 Å². The molecule has 0 unspecified atom stereocenters. The summed E-state index contributed by atoms with van der Waals surface area (Å²) in [4.78, 5) is 17.6. The van der Waals surface area contributed by atoms with Crippen LogP contribution in [0.1, 0.15) is 34.7 Å². The maximum Gasteiger partial charge on any atom is 0.220 e. The van der Waals surface area contributed by atoms with E-state index < -0.39 is 0 Å². The molecule has 186 valence electrons. The number of carbonyl (C=O) groups is 1. The molecule has 0 saturated carbocycles. The highest BCUT2D eigenvalue weighted by Gasteiger charge is 2.25. The Morgan fingerprint density at radius 1 is 0.892 bits per heavy atom. The molecular weight excluding hydrogens is 458 g/mol. The van der Waals surface area contributed by atoms with Crippen molar-refractivity contribution in [1.82, 2.24) is 14.9 Å². The summed E-state index contributed by atoms with van der Waals surface area (Å²) in [6, 6.07) is 32.7. The zero-order valence-corrected chi connectivity index (χ0v) is 21.0. The number of nitrogens with zero attached hydrogens (tertiary/aromatic N) is 2. The van der Waals surface area contributed by atoms with E-state index in [1.54, 1.807) is 13.3 Å². The van der Waals surface area contributed by atoms with Crippen LogP contribution in [0.5, 0.6) is 5.75 Å². The summed E-state index contributed by atoms with van der Waals surface area (Å²) >= 11 is 0. The molecule has 0 aliphatic carbocycles. The van der Waals surface area contributed by atoms with Crippen molar-refractivity contribution in [1.29, 1.82) is 0 Å². The molecule has 0 spiro atoms. The van der Waals surface area contributed by atoms with E-state index in [2.05, 4.69) is 75.7 Å². The molecule has 5 nitrogen and oxygen atoms in total. The van der Waals surface area contributed by atoms with Gasteiger partial charge >= 0.3 is 0 Å². The first-order valence-electron chi connectivity index (χ1n) is 12.6. The summed E-state index contributed by atoms with van der Waals surface area (Å²) in [7, 11) is 1.68. The number of rotatable bonds is 10. The van der Waals surface area contributed by atoms with E-state index in [9.17, 15) is 4.79 Å². The second-order valence-electron chi connectivity index (χ2n) is 9.13. The molecule has 1 amide bonds. The SMILES string of the molecule is COc1ccccc1[C@@H](CC(=O)NCCc1ccccn1)c1cn(Cc2ccccc2)c2ccccc12. The first-order valence-corrected chi connectivity index (χ1v) is 12.6. The third-order valence-corrected chi connectivity index (χ3v) is 6.72. The number of hydrogen-bond donors (Lipinski definition) is 1. The van der Waals surface area contributed by atoms with Crippen molar-refractivity contribution in [2.45, 2.75) is 25.3 Å². The molecule has 3 aromatic carbocycles. The first-order chi connectivity index (χ1) is 18.2. The van der Waals surface area contributed by atoms with Gasteiger partial charge in [-0.15, -0.1) is 0 Å². The van der Waals surface area contributed by atoms with Gasteiger partial charge in [0, 0.05) is 66.4 Å². The van der Waals surface area contributed by atoms with Crippen LogP contribution in [-0.2, 0) is 17.8 Å². The van der Waals surface area contributed by atoms with Gasteiger partial charge in [0.25, 0.3) is 0 Å². The number of amides is 1. The standard InChI is InChI=1S/C32H31N3O2/c1-37-31-17-8-6-15-27(31)28(21-32(36)34-20-18-25-13-9-10-19-33-25)29-23-35(22-24-11-3-2-4-12-24)30-16-7-5-14-26(29)30/h2-17,19,23,28H,18,20-22H2,1H3,(H,34,36)/t28-/m1/s1. The monoisotopic (exact) mass is 489 g/mol. The number of aromatic nitrogens is 2. The van der Waals surface area contributed by atoms with Gasteiger partial charge in [0.2, 0.25) is 5.91 Å². The van der Waals surface area contributed by atoms with E-state index in [1.807, 2.05) is 42.5 Å². The number of para-hydroxylation sites is 2. The number of ether oxygens (including phenoxy) is 1. The summed E-state index contributed by atoms with van der Waals surface area (Å²) in [6.07, 6.45) is 5.00. The Hall–Kier alpha value is -4.38. The molecule has 37 heavy (non-hydrogen) atoms. The number of hydrogen-bond acceptors (Lipinski definition) is 3. The molecule has 5 rings (SSSR count). The van der Waals surface area contributed by atoms with Gasteiger partial charge in [0.1, 0.15) is 5.75 Å². The topological polar surface area (TPSA) is 56.1 Å². The maximum absolute atomic E-state index is 13.2. The van der Waals surface area contributed by atoms with Crippen molar-refractivity contribution in [3.05, 3.63) is 132 Å². The van der Waals surface area contributed by atoms with Crippen molar-refractivity contribution >= 4 is 16.8 Å². The van der Waals surface area contributed by atoms with Gasteiger partial charge in [0.15, 0.2) is 0 Å². The molecular formula is C32H31N3O2. The number of nitrogens with one attached hydrogen (secondary N) is 1. The average molecular weight is 490 g/mol. The Labute approximate surface area is 217 Å². The summed E-state index contributed by atoms with van der Waals surface area (Å²) in [5, 5.41) is 4.26. The molecule has 0 aliphatic heterocycles. The third kappa shape index (κ3) is 5.72. The fourth-order valence-corrected chi connectivity index (χ4v) is 4.94. The second kappa shape index (κ2) is 11.6. The fourth-order valence-electron chi connectivity index (χ4n) is 4.94. The van der Waals surface area contributed by atoms with Crippen LogP contribution in [0.4, 0.5) is 0 Å². The lowest BCUT2D eigenvalue weighted by atomic mass is 9.87. The number of carbonyl (C=O) groups excluding carboxylic acids is 1. The Morgan fingerprint density at radius 2 is 1.65 bits per heavy atom. The van der Waals surface area contributed by atoms with Crippen molar-refractivity contribution < 1.29 is 9.53 Å². The van der Waals surface area contributed by atoms with E-state index in [0.29, 0.717) is 19.4 Å². The van der Waals surface area contributed by atoms with E-state index in [4.69, 9.17) is 4.74 Å².